The standard InChI is InChI=1S/C19H24O5/c1-10-8-17-9-18(10,23)7-4-11(17)19-6-3-5-16(2,15(22)24-19)13(19)12(17)14(20)21/h11-13,23H,1,3-9H2,2H3,(H,20,21)/t11-,12-,13-,16-,17+,18+,19-/m1/s1. The van der Waals surface area contributed by atoms with E-state index in [-0.39, 0.29) is 17.8 Å². The lowest BCUT2D eigenvalue weighted by atomic mass is 9.60. The van der Waals surface area contributed by atoms with Crippen molar-refractivity contribution in [2.75, 3.05) is 0 Å². The molecule has 0 aromatic heterocycles. The van der Waals surface area contributed by atoms with Crippen LogP contribution < -0.4 is 0 Å². The van der Waals surface area contributed by atoms with Gasteiger partial charge in [0.2, 0.25) is 0 Å². The van der Waals surface area contributed by atoms with Crippen molar-refractivity contribution in [3.63, 3.8) is 0 Å². The lowest BCUT2D eigenvalue weighted by Crippen LogP contribution is -2.48. The fourth-order valence-corrected chi connectivity index (χ4v) is 7.69. The molecule has 5 fully saturated rings. The van der Waals surface area contributed by atoms with E-state index in [1.807, 2.05) is 6.92 Å². The van der Waals surface area contributed by atoms with Crippen molar-refractivity contribution >= 4 is 11.9 Å². The summed E-state index contributed by atoms with van der Waals surface area (Å²) in [5.41, 5.74) is -2.00. The van der Waals surface area contributed by atoms with Crippen molar-refractivity contribution in [3.05, 3.63) is 12.2 Å². The van der Waals surface area contributed by atoms with E-state index in [0.29, 0.717) is 25.7 Å². The van der Waals surface area contributed by atoms with Crippen LogP contribution in [0.5, 0.6) is 0 Å². The fraction of sp³-hybridized carbons (Fsp3) is 0.789. The Morgan fingerprint density at radius 3 is 2.79 bits per heavy atom. The first-order chi connectivity index (χ1) is 11.2. The molecule has 0 aromatic carbocycles. The van der Waals surface area contributed by atoms with Crippen molar-refractivity contribution in [1.29, 1.82) is 0 Å². The van der Waals surface area contributed by atoms with Gasteiger partial charge < -0.3 is 14.9 Å². The van der Waals surface area contributed by atoms with Crippen LogP contribution in [0.2, 0.25) is 0 Å². The fourth-order valence-electron chi connectivity index (χ4n) is 7.69. The summed E-state index contributed by atoms with van der Waals surface area (Å²) in [6, 6.07) is 0. The Bertz CT molecular complexity index is 700. The number of aliphatic hydroxyl groups is 1. The molecule has 1 spiro atoms. The van der Waals surface area contributed by atoms with Crippen LogP contribution in [0.25, 0.3) is 0 Å². The van der Waals surface area contributed by atoms with Crippen molar-refractivity contribution < 1.29 is 24.5 Å². The van der Waals surface area contributed by atoms with Gasteiger partial charge in [-0.05, 0) is 62.9 Å². The molecule has 0 unspecified atom stereocenters. The minimum absolute atomic E-state index is 0.0294. The second kappa shape index (κ2) is 3.90. The summed E-state index contributed by atoms with van der Waals surface area (Å²) in [7, 11) is 0. The lowest BCUT2D eigenvalue weighted by Gasteiger charge is -2.45. The molecule has 24 heavy (non-hydrogen) atoms. The van der Waals surface area contributed by atoms with Crippen molar-refractivity contribution in [2.24, 2.45) is 28.6 Å². The summed E-state index contributed by atoms with van der Waals surface area (Å²) in [5, 5.41) is 21.1. The van der Waals surface area contributed by atoms with E-state index in [2.05, 4.69) is 6.58 Å². The maximum Gasteiger partial charge on any atom is 0.312 e. The highest BCUT2D eigenvalue weighted by Gasteiger charge is 2.82. The molecule has 5 nitrogen and oxygen atoms in total. The molecule has 4 aliphatic carbocycles. The summed E-state index contributed by atoms with van der Waals surface area (Å²) in [5.74, 6) is -1.92. The van der Waals surface area contributed by atoms with Crippen LogP contribution in [0.15, 0.2) is 12.2 Å². The third-order valence-electron chi connectivity index (χ3n) is 8.40. The van der Waals surface area contributed by atoms with Gasteiger partial charge in [-0.25, -0.2) is 0 Å². The quantitative estimate of drug-likeness (QED) is 0.568. The molecule has 0 amide bonds. The van der Waals surface area contributed by atoms with Crippen LogP contribution >= 0.6 is 0 Å². The van der Waals surface area contributed by atoms with Gasteiger partial charge in [0.15, 0.2) is 0 Å². The summed E-state index contributed by atoms with van der Waals surface area (Å²) >= 11 is 0. The Kier molecular flexibility index (Phi) is 2.43. The number of aliphatic carboxylic acids is 1. The molecule has 0 radical (unpaired) electrons. The zero-order chi connectivity index (χ0) is 17.1. The van der Waals surface area contributed by atoms with Gasteiger partial charge in [-0.15, -0.1) is 0 Å². The Morgan fingerprint density at radius 1 is 1.33 bits per heavy atom. The van der Waals surface area contributed by atoms with Gasteiger partial charge in [-0.1, -0.05) is 6.58 Å². The molecule has 5 rings (SSSR count). The Balaban J connectivity index is 1.75. The second-order valence-corrected chi connectivity index (χ2v) is 9.22. The minimum Gasteiger partial charge on any atom is -0.481 e. The number of rotatable bonds is 1. The first-order valence-corrected chi connectivity index (χ1v) is 9.07. The normalized spacial score (nSPS) is 57.5. The molecule has 0 aromatic rings. The second-order valence-electron chi connectivity index (χ2n) is 9.22. The van der Waals surface area contributed by atoms with Crippen LogP contribution in [-0.2, 0) is 14.3 Å². The lowest BCUT2D eigenvalue weighted by molar-refractivity contribution is -0.162. The van der Waals surface area contributed by atoms with E-state index in [4.69, 9.17) is 4.74 Å². The monoisotopic (exact) mass is 332 g/mol. The molecule has 5 aliphatic rings. The number of hydrogen-bond acceptors (Lipinski definition) is 4. The Hall–Kier alpha value is -1.36. The van der Waals surface area contributed by atoms with Gasteiger partial charge in [0, 0.05) is 11.8 Å². The van der Waals surface area contributed by atoms with Crippen molar-refractivity contribution in [1.82, 2.24) is 0 Å². The number of carbonyl (C=O) groups excluding carboxylic acids is 1. The van der Waals surface area contributed by atoms with E-state index in [0.717, 1.165) is 24.8 Å². The van der Waals surface area contributed by atoms with Crippen LogP contribution in [-0.4, -0.2) is 33.4 Å². The van der Waals surface area contributed by atoms with Crippen LogP contribution in [0.1, 0.15) is 51.9 Å². The van der Waals surface area contributed by atoms with Crippen LogP contribution in [0, 0.1) is 28.6 Å². The van der Waals surface area contributed by atoms with Crippen molar-refractivity contribution in [2.45, 2.75) is 63.1 Å². The number of ether oxygens (including phenoxy) is 1. The average Bonchev–Trinajstić information content (AvgIpc) is 2.88. The van der Waals surface area contributed by atoms with Gasteiger partial charge in [-0.3, -0.25) is 9.59 Å². The molecule has 1 heterocycles. The predicted molar refractivity (Wildman–Crippen MR) is 83.9 cm³/mol. The van der Waals surface area contributed by atoms with Crippen LogP contribution in [0.4, 0.5) is 0 Å². The van der Waals surface area contributed by atoms with E-state index in [1.54, 1.807) is 0 Å². The molecular formula is C19H24O5. The largest absolute Gasteiger partial charge is 0.481 e. The smallest absolute Gasteiger partial charge is 0.312 e. The summed E-state index contributed by atoms with van der Waals surface area (Å²) < 4.78 is 6.05. The first-order valence-electron chi connectivity index (χ1n) is 9.07. The maximum atomic E-state index is 12.7. The summed E-state index contributed by atoms with van der Waals surface area (Å²) in [6.07, 6.45) is 4.72. The number of carboxylic acids is 1. The Labute approximate surface area is 141 Å². The predicted octanol–water partition coefficient (Wildman–Crippen LogP) is 2.28. The van der Waals surface area contributed by atoms with E-state index >= 15 is 0 Å². The number of carbonyl (C=O) groups is 2. The van der Waals surface area contributed by atoms with E-state index < -0.39 is 33.9 Å². The molecule has 4 saturated carbocycles. The molecule has 5 heteroatoms. The molecule has 7 atom stereocenters. The Morgan fingerprint density at radius 2 is 2.08 bits per heavy atom. The van der Waals surface area contributed by atoms with E-state index in [9.17, 15) is 19.8 Å². The number of esters is 1. The highest BCUT2D eigenvalue weighted by molar-refractivity contribution is 5.84. The molecule has 1 aliphatic heterocycles. The zero-order valence-electron chi connectivity index (χ0n) is 14.0. The maximum absolute atomic E-state index is 12.7. The highest BCUT2D eigenvalue weighted by Crippen LogP contribution is 2.78. The molecule has 1 saturated heterocycles. The number of hydrogen-bond donors (Lipinski definition) is 2. The zero-order valence-corrected chi connectivity index (χ0v) is 14.0. The minimum atomic E-state index is -0.932. The van der Waals surface area contributed by atoms with Gasteiger partial charge in [0.25, 0.3) is 0 Å². The third-order valence-corrected chi connectivity index (χ3v) is 8.40. The molecular weight excluding hydrogens is 308 g/mol. The summed E-state index contributed by atoms with van der Waals surface area (Å²) in [4.78, 5) is 25.1. The van der Waals surface area contributed by atoms with Gasteiger partial charge in [-0.2, -0.15) is 0 Å². The van der Waals surface area contributed by atoms with Gasteiger partial charge in [0.05, 0.1) is 16.9 Å². The average molecular weight is 332 g/mol. The van der Waals surface area contributed by atoms with Gasteiger partial charge in [0.1, 0.15) is 5.60 Å². The number of fused-ring (bicyclic) bond motifs is 1. The third kappa shape index (κ3) is 1.29. The first kappa shape index (κ1) is 14.9. The molecule has 4 bridgehead atoms. The van der Waals surface area contributed by atoms with E-state index in [1.165, 1.54) is 0 Å². The SMILES string of the molecule is C=C1C[C@]23C[C@@]1(O)CC[C@H]2[C@@]12CCC[C@@](C)(C(=O)O1)[C@H]2[C@@H]3C(=O)O. The van der Waals surface area contributed by atoms with Gasteiger partial charge >= 0.3 is 11.9 Å². The van der Waals surface area contributed by atoms with Crippen molar-refractivity contribution in [3.8, 4) is 0 Å². The highest BCUT2D eigenvalue weighted by atomic mass is 16.6. The summed E-state index contributed by atoms with van der Waals surface area (Å²) in [6.45, 7) is 5.98. The molecule has 2 N–H and O–H groups in total. The molecule has 130 valence electrons. The van der Waals surface area contributed by atoms with Crippen LogP contribution in [0.3, 0.4) is 0 Å². The number of carboxylic acid groups (broad SMARTS) is 1. The topological polar surface area (TPSA) is 83.8 Å².